The molecule has 0 fully saturated rings. The van der Waals surface area contributed by atoms with Crippen molar-refractivity contribution >= 4 is 18.2 Å². The second-order valence-electron chi connectivity index (χ2n) is 0.238. The van der Waals surface area contributed by atoms with E-state index in [9.17, 15) is 0 Å². The minimum atomic E-state index is -3.12. The minimum absolute atomic E-state index is 0. The number of hydrogen-bond donors (Lipinski definition) is 1. The van der Waals surface area contributed by atoms with Crippen molar-refractivity contribution in [2.45, 2.75) is 0 Å². The van der Waals surface area contributed by atoms with Crippen molar-refractivity contribution in [3.8, 4) is 0 Å². The second kappa shape index (κ2) is 15.7. The number of hydrogen-bond acceptors (Lipinski definition) is 2. The van der Waals surface area contributed by atoms with Crippen LogP contribution in [0.15, 0.2) is 0 Å². The molecule has 0 aromatic rings. The summed E-state index contributed by atoms with van der Waals surface area (Å²) in [6.07, 6.45) is 0. The van der Waals surface area contributed by atoms with Gasteiger partial charge >= 0.3 is 37.8 Å². The molecule has 0 radical (unpaired) electrons. The Morgan fingerprint density at radius 3 is 1.57 bits per heavy atom. The number of rotatable bonds is 0. The molecule has 4 nitrogen and oxygen atoms in total. The summed E-state index contributed by atoms with van der Waals surface area (Å²) in [4.78, 5) is 15.6. The molecule has 7 heteroatoms. The molecule has 7 heavy (non-hydrogen) atoms. The maximum atomic E-state index is 8.59. The Labute approximate surface area is 67.5 Å². The van der Waals surface area contributed by atoms with E-state index in [0.717, 1.165) is 0 Å². The molecule has 0 aromatic carbocycles. The summed E-state index contributed by atoms with van der Waals surface area (Å²) < 4.78 is 8.59. The van der Waals surface area contributed by atoms with Crippen LogP contribution in [-0.2, 0) is 4.57 Å². The molecular formula is H6NaO4P2+. The summed E-state index contributed by atoms with van der Waals surface area (Å²) in [5, 5.41) is 0. The van der Waals surface area contributed by atoms with Crippen molar-refractivity contribution in [1.82, 2.24) is 0 Å². The molecule has 0 heterocycles. The van der Waals surface area contributed by atoms with Gasteiger partial charge in [0.15, 0.2) is 0 Å². The molecule has 2 unspecified atom stereocenters. The van der Waals surface area contributed by atoms with Crippen LogP contribution in [0.4, 0.5) is 0 Å². The van der Waals surface area contributed by atoms with Gasteiger partial charge in [0, 0.05) is 0 Å². The third kappa shape index (κ3) is 109. The van der Waals surface area contributed by atoms with E-state index in [0.29, 0.717) is 0 Å². The summed E-state index contributed by atoms with van der Waals surface area (Å²) >= 11 is 0. The quantitative estimate of drug-likeness (QED) is 0.281. The Bertz CT molecular complexity index is 32.7. The fourth-order valence-corrected chi connectivity index (χ4v) is 0. The molecule has 0 aliphatic heterocycles. The van der Waals surface area contributed by atoms with Crippen molar-refractivity contribution in [1.29, 1.82) is 0 Å². The smallest absolute Gasteiger partial charge is 0.567 e. The van der Waals surface area contributed by atoms with Crippen molar-refractivity contribution in [2.75, 3.05) is 0 Å². The Kier molecular flexibility index (Phi) is 53.1. The average Bonchev–Trinajstić information content (AvgIpc) is 0.811. The molecule has 0 rings (SSSR count). The molecule has 0 bridgehead atoms. The summed E-state index contributed by atoms with van der Waals surface area (Å²) in [7, 11) is -3.12. The van der Waals surface area contributed by atoms with Crippen molar-refractivity contribution in [2.24, 2.45) is 0 Å². The molecular weight excluding hydrogens is 149 g/mol. The maximum absolute atomic E-state index is 8.59. The monoisotopic (exact) mass is 155 g/mol. The molecule has 0 aliphatic rings. The Balaban J connectivity index is -0.0000000150. The molecule has 0 spiro atoms. The molecule has 0 saturated carbocycles. The first-order chi connectivity index (χ1) is 1.73. The van der Waals surface area contributed by atoms with E-state index in [2.05, 4.69) is 0 Å². The van der Waals surface area contributed by atoms with E-state index in [-0.39, 0.29) is 44.9 Å². The summed E-state index contributed by atoms with van der Waals surface area (Å²) in [5.74, 6) is 0. The van der Waals surface area contributed by atoms with Crippen molar-refractivity contribution in [3.05, 3.63) is 0 Å². The second-order valence-corrected chi connectivity index (χ2v) is 0.714. The Morgan fingerprint density at radius 1 is 1.57 bits per heavy atom. The van der Waals surface area contributed by atoms with Gasteiger partial charge in [0.2, 0.25) is 0 Å². The van der Waals surface area contributed by atoms with E-state index >= 15 is 0 Å². The van der Waals surface area contributed by atoms with Crippen LogP contribution in [-0.4, -0.2) is 10.4 Å². The van der Waals surface area contributed by atoms with Gasteiger partial charge in [0.05, 0.1) is 0 Å². The molecule has 3 N–H and O–H groups in total. The zero-order chi connectivity index (χ0) is 3.58. The zero-order valence-electron chi connectivity index (χ0n) is 3.92. The average molecular weight is 155 g/mol. The fraction of sp³-hybridized carbons (Fsp3) is 0. The van der Waals surface area contributed by atoms with Crippen LogP contribution in [0.25, 0.3) is 0 Å². The Morgan fingerprint density at radius 2 is 1.57 bits per heavy atom. The van der Waals surface area contributed by atoms with Gasteiger partial charge < -0.3 is 10.4 Å². The third-order valence-corrected chi connectivity index (χ3v) is 0. The third-order valence-electron chi connectivity index (χ3n) is 0. The van der Waals surface area contributed by atoms with Gasteiger partial charge in [-0.1, -0.05) is 0 Å². The predicted octanol–water partition coefficient (Wildman–Crippen LogP) is -4.77. The van der Waals surface area contributed by atoms with Crippen LogP contribution >= 0.6 is 18.2 Å². The maximum Gasteiger partial charge on any atom is 1.00 e. The first-order valence-electron chi connectivity index (χ1n) is 0.565. The van der Waals surface area contributed by atoms with E-state index in [1.807, 2.05) is 0 Å². The van der Waals surface area contributed by atoms with Gasteiger partial charge in [-0.2, -0.15) is 14.8 Å². The van der Waals surface area contributed by atoms with Gasteiger partial charge in [-0.05, 0) is 4.57 Å². The van der Waals surface area contributed by atoms with Gasteiger partial charge in [0.1, 0.15) is 0 Å². The van der Waals surface area contributed by atoms with Crippen molar-refractivity contribution < 1.29 is 49.4 Å². The first kappa shape index (κ1) is 23.7. The van der Waals surface area contributed by atoms with Crippen molar-refractivity contribution in [3.63, 3.8) is 0 Å². The zero-order valence-corrected chi connectivity index (χ0v) is 8.23. The van der Waals surface area contributed by atoms with Crippen LogP contribution in [0.5, 0.6) is 0 Å². The van der Waals surface area contributed by atoms with Crippen LogP contribution in [0.3, 0.4) is 0 Å². The largest absolute Gasteiger partial charge is 1.00 e. The van der Waals surface area contributed by atoms with Crippen LogP contribution in [0.1, 0.15) is 0 Å². The van der Waals surface area contributed by atoms with E-state index < -0.39 is 8.25 Å². The van der Waals surface area contributed by atoms with Gasteiger partial charge in [0.25, 0.3) is 0 Å². The standard InChI is InChI=1S/Na.HO3P.H2O.H3P/c;1-4(2)3;;/h;(H,1,2,3);1H2;1H3/q+1;;;. The first-order valence-corrected chi connectivity index (χ1v) is 1.70. The van der Waals surface area contributed by atoms with E-state index in [1.165, 1.54) is 0 Å². The normalized spacial score (nSPS) is 6.29. The van der Waals surface area contributed by atoms with Crippen LogP contribution in [0.2, 0.25) is 0 Å². The van der Waals surface area contributed by atoms with Gasteiger partial charge in [-0.15, -0.1) is 0 Å². The molecule has 0 amide bonds. The SMILES string of the molecule is O.O=[P+]([O-])O.P.[Na+]. The summed E-state index contributed by atoms with van der Waals surface area (Å²) in [5.41, 5.74) is 0. The van der Waals surface area contributed by atoms with Crippen LogP contribution in [0, 0.1) is 0 Å². The Hall–Kier alpha value is 1.41. The molecule has 0 saturated heterocycles. The van der Waals surface area contributed by atoms with E-state index in [1.54, 1.807) is 0 Å². The summed E-state index contributed by atoms with van der Waals surface area (Å²) in [6.45, 7) is 0. The molecule has 0 aliphatic carbocycles. The van der Waals surface area contributed by atoms with Gasteiger partial charge in [-0.25, -0.2) is 0 Å². The predicted molar refractivity (Wildman–Crippen MR) is 24.5 cm³/mol. The van der Waals surface area contributed by atoms with E-state index in [4.69, 9.17) is 14.4 Å². The fourth-order valence-electron chi connectivity index (χ4n) is 0. The molecule has 40 valence electrons. The molecule has 0 aromatic heterocycles. The topological polar surface area (TPSA) is 91.9 Å². The van der Waals surface area contributed by atoms with Gasteiger partial charge in [-0.3, -0.25) is 0 Å². The molecule has 2 atom stereocenters. The summed E-state index contributed by atoms with van der Waals surface area (Å²) in [6, 6.07) is 0. The minimum Gasteiger partial charge on any atom is -0.567 e. The van der Waals surface area contributed by atoms with Crippen LogP contribution < -0.4 is 34.5 Å².